The van der Waals surface area contributed by atoms with Crippen LogP contribution in [0.3, 0.4) is 0 Å². The summed E-state index contributed by atoms with van der Waals surface area (Å²) in [7, 11) is 0. The van der Waals surface area contributed by atoms with Crippen molar-refractivity contribution >= 4 is 33.8 Å². The Morgan fingerprint density at radius 1 is 1.21 bits per heavy atom. The van der Waals surface area contributed by atoms with Gasteiger partial charge in [0, 0.05) is 5.54 Å². The molecule has 0 aliphatic carbocycles. The van der Waals surface area contributed by atoms with Crippen molar-refractivity contribution in [1.82, 2.24) is 4.57 Å². The number of hydrogen-bond donors (Lipinski definition) is 0. The van der Waals surface area contributed by atoms with Crippen molar-refractivity contribution < 1.29 is 0 Å². The Hall–Kier alpha value is -0.670. The van der Waals surface area contributed by atoms with Gasteiger partial charge in [0.15, 0.2) is 3.95 Å². The van der Waals surface area contributed by atoms with E-state index in [9.17, 15) is 0 Å². The van der Waals surface area contributed by atoms with Crippen molar-refractivity contribution in [3.05, 3.63) is 28.2 Å². The van der Waals surface area contributed by atoms with E-state index in [0.29, 0.717) is 0 Å². The molecule has 0 aliphatic rings. The monoisotopic (exact) mass is 223 g/mol. The average Bonchev–Trinajstić information content (AvgIpc) is 2.38. The van der Waals surface area contributed by atoms with Gasteiger partial charge in [0.1, 0.15) is 0 Å². The summed E-state index contributed by atoms with van der Waals surface area (Å²) in [5.41, 5.74) is 1.31. The Bertz CT molecular complexity index is 514. The van der Waals surface area contributed by atoms with Gasteiger partial charge in [-0.05, 0) is 45.1 Å². The van der Waals surface area contributed by atoms with Crippen molar-refractivity contribution in [2.75, 3.05) is 0 Å². The Kier molecular flexibility index (Phi) is 2.24. The average molecular weight is 223 g/mol. The van der Waals surface area contributed by atoms with Crippen LogP contribution < -0.4 is 0 Å². The van der Waals surface area contributed by atoms with E-state index in [2.05, 4.69) is 49.6 Å². The minimum Gasteiger partial charge on any atom is -0.318 e. The van der Waals surface area contributed by atoms with Gasteiger partial charge in [-0.2, -0.15) is 0 Å². The first-order valence-electron chi connectivity index (χ1n) is 4.61. The number of benzene rings is 1. The van der Waals surface area contributed by atoms with Crippen molar-refractivity contribution in [2.45, 2.75) is 26.3 Å². The van der Waals surface area contributed by atoms with Crippen LogP contribution in [0.4, 0.5) is 0 Å². The van der Waals surface area contributed by atoms with Crippen molar-refractivity contribution in [3.63, 3.8) is 0 Å². The van der Waals surface area contributed by atoms with E-state index in [0.717, 1.165) is 3.95 Å². The normalized spacial score (nSPS) is 12.2. The third-order valence-corrected chi connectivity index (χ3v) is 3.51. The summed E-state index contributed by atoms with van der Waals surface area (Å²) < 4.78 is 4.45. The van der Waals surface area contributed by atoms with Crippen LogP contribution in [0, 0.1) is 3.95 Å². The molecule has 3 heteroatoms. The number of aromatic nitrogens is 1. The predicted molar refractivity (Wildman–Crippen MR) is 65.6 cm³/mol. The van der Waals surface area contributed by atoms with Crippen LogP contribution in [0.5, 0.6) is 0 Å². The lowest BCUT2D eigenvalue weighted by molar-refractivity contribution is 0.409. The highest BCUT2D eigenvalue weighted by Gasteiger charge is 2.17. The molecule has 2 rings (SSSR count). The molecule has 0 atom stereocenters. The largest absolute Gasteiger partial charge is 0.318 e. The molecular formula is C11H13NS2. The summed E-state index contributed by atoms with van der Waals surface area (Å²) in [6.07, 6.45) is 0. The molecule has 1 aromatic heterocycles. The number of fused-ring (bicyclic) bond motifs is 1. The molecule has 1 heterocycles. The number of hydrogen-bond acceptors (Lipinski definition) is 2. The molecule has 0 spiro atoms. The van der Waals surface area contributed by atoms with Gasteiger partial charge in [-0.1, -0.05) is 12.1 Å². The molecule has 0 amide bonds. The smallest absolute Gasteiger partial charge is 0.162 e. The minimum absolute atomic E-state index is 0.0662. The second-order valence-electron chi connectivity index (χ2n) is 4.34. The van der Waals surface area contributed by atoms with Crippen LogP contribution in [0.2, 0.25) is 0 Å². The minimum atomic E-state index is 0.0662. The van der Waals surface area contributed by atoms with Gasteiger partial charge in [0.2, 0.25) is 0 Å². The molecule has 14 heavy (non-hydrogen) atoms. The summed E-state index contributed by atoms with van der Waals surface area (Å²) >= 11 is 7.07. The first kappa shape index (κ1) is 9.87. The number of para-hydroxylation sites is 1. The summed E-state index contributed by atoms with van der Waals surface area (Å²) in [6, 6.07) is 8.37. The van der Waals surface area contributed by atoms with E-state index in [4.69, 9.17) is 12.2 Å². The molecular weight excluding hydrogens is 210 g/mol. The van der Waals surface area contributed by atoms with Crippen molar-refractivity contribution in [1.29, 1.82) is 0 Å². The molecule has 0 fully saturated rings. The van der Waals surface area contributed by atoms with Gasteiger partial charge in [0.25, 0.3) is 0 Å². The summed E-state index contributed by atoms with van der Waals surface area (Å²) in [5.74, 6) is 0. The Labute approximate surface area is 93.0 Å². The van der Waals surface area contributed by atoms with E-state index < -0.39 is 0 Å². The highest BCUT2D eigenvalue weighted by atomic mass is 32.1. The standard InChI is InChI=1S/C11H13NS2/c1-11(2,3)12-8-6-4-5-7-9(8)14-10(12)13/h4-7H,1-3H3. The van der Waals surface area contributed by atoms with Crippen LogP contribution in [-0.4, -0.2) is 4.57 Å². The Morgan fingerprint density at radius 3 is 2.50 bits per heavy atom. The highest BCUT2D eigenvalue weighted by Crippen LogP contribution is 2.28. The van der Waals surface area contributed by atoms with Gasteiger partial charge in [0.05, 0.1) is 10.2 Å². The van der Waals surface area contributed by atoms with Crippen molar-refractivity contribution in [3.8, 4) is 0 Å². The van der Waals surface area contributed by atoms with Crippen LogP contribution in [0.15, 0.2) is 24.3 Å². The van der Waals surface area contributed by atoms with Crippen LogP contribution in [0.25, 0.3) is 10.2 Å². The molecule has 0 unspecified atom stereocenters. The zero-order valence-corrected chi connectivity index (χ0v) is 10.2. The van der Waals surface area contributed by atoms with Crippen molar-refractivity contribution in [2.24, 2.45) is 0 Å². The highest BCUT2D eigenvalue weighted by molar-refractivity contribution is 7.73. The Balaban J connectivity index is 2.88. The second kappa shape index (κ2) is 3.17. The molecule has 1 aromatic carbocycles. The van der Waals surface area contributed by atoms with E-state index >= 15 is 0 Å². The van der Waals surface area contributed by atoms with E-state index in [-0.39, 0.29) is 5.54 Å². The second-order valence-corrected chi connectivity index (χ2v) is 6.02. The molecule has 0 N–H and O–H groups in total. The third kappa shape index (κ3) is 1.51. The lowest BCUT2D eigenvalue weighted by Crippen LogP contribution is -2.21. The number of rotatable bonds is 0. The first-order chi connectivity index (χ1) is 6.50. The molecule has 1 nitrogen and oxygen atoms in total. The molecule has 0 aliphatic heterocycles. The van der Waals surface area contributed by atoms with E-state index in [1.54, 1.807) is 11.3 Å². The fourth-order valence-electron chi connectivity index (χ4n) is 1.60. The molecule has 0 bridgehead atoms. The Morgan fingerprint density at radius 2 is 1.86 bits per heavy atom. The predicted octanol–water partition coefficient (Wildman–Crippen LogP) is 4.19. The number of thiazole rings is 1. The van der Waals surface area contributed by atoms with Crippen LogP contribution in [-0.2, 0) is 5.54 Å². The maximum Gasteiger partial charge on any atom is 0.162 e. The molecule has 0 saturated heterocycles. The molecule has 0 radical (unpaired) electrons. The quantitative estimate of drug-likeness (QED) is 0.606. The summed E-state index contributed by atoms with van der Waals surface area (Å²) in [5, 5.41) is 0. The van der Waals surface area contributed by atoms with E-state index in [1.165, 1.54) is 10.2 Å². The van der Waals surface area contributed by atoms with Gasteiger partial charge in [-0.3, -0.25) is 0 Å². The fraction of sp³-hybridized carbons (Fsp3) is 0.364. The van der Waals surface area contributed by atoms with Gasteiger partial charge in [-0.15, -0.1) is 11.3 Å². The fourth-order valence-corrected chi connectivity index (χ4v) is 3.31. The van der Waals surface area contributed by atoms with Crippen LogP contribution in [0.1, 0.15) is 20.8 Å². The summed E-state index contributed by atoms with van der Waals surface area (Å²) in [4.78, 5) is 0. The lowest BCUT2D eigenvalue weighted by Gasteiger charge is -2.21. The molecule has 74 valence electrons. The van der Waals surface area contributed by atoms with Gasteiger partial charge >= 0.3 is 0 Å². The van der Waals surface area contributed by atoms with E-state index in [1.807, 2.05) is 0 Å². The van der Waals surface area contributed by atoms with Gasteiger partial charge < -0.3 is 4.57 Å². The maximum absolute atomic E-state index is 5.38. The topological polar surface area (TPSA) is 4.93 Å². The van der Waals surface area contributed by atoms with Gasteiger partial charge in [-0.25, -0.2) is 0 Å². The molecule has 0 saturated carbocycles. The maximum atomic E-state index is 5.38. The zero-order chi connectivity index (χ0) is 10.3. The third-order valence-electron chi connectivity index (χ3n) is 2.16. The van der Waals surface area contributed by atoms with Crippen LogP contribution >= 0.6 is 23.6 Å². The SMILES string of the molecule is CC(C)(C)n1c(=S)sc2ccccc21. The lowest BCUT2D eigenvalue weighted by atomic mass is 10.1. The number of nitrogens with zero attached hydrogens (tertiary/aromatic N) is 1. The summed E-state index contributed by atoms with van der Waals surface area (Å²) in [6.45, 7) is 6.55. The molecule has 2 aromatic rings. The first-order valence-corrected chi connectivity index (χ1v) is 5.84. The zero-order valence-electron chi connectivity index (χ0n) is 8.57.